The van der Waals surface area contributed by atoms with Gasteiger partial charge in [-0.2, -0.15) is 5.10 Å². The van der Waals surface area contributed by atoms with E-state index in [1.165, 1.54) is 17.5 Å². The van der Waals surface area contributed by atoms with Crippen LogP contribution in [0.15, 0.2) is 53.3 Å². The number of nitrogens with one attached hydrogen (secondary N) is 1. The number of nitrogens with two attached hydrogens (primary N) is 1. The lowest BCUT2D eigenvalue weighted by Crippen LogP contribution is -2.16. The zero-order valence-electron chi connectivity index (χ0n) is 20.9. The Morgan fingerprint density at radius 3 is 2.33 bits per heavy atom. The highest BCUT2D eigenvalue weighted by molar-refractivity contribution is 7.13. The van der Waals surface area contributed by atoms with Crippen molar-refractivity contribution >= 4 is 23.2 Å². The minimum absolute atomic E-state index is 0.112. The van der Waals surface area contributed by atoms with Crippen LogP contribution < -0.4 is 11.1 Å². The Morgan fingerprint density at radius 2 is 1.75 bits per heavy atom. The van der Waals surface area contributed by atoms with Gasteiger partial charge in [0.2, 0.25) is 5.91 Å². The molecule has 4 aromatic rings. The molecule has 0 aliphatic carbocycles. The Hall–Kier alpha value is -3.79. The molecule has 2 amide bonds. The standard InChI is InChI=1S/C21H26N4O2.C5H6N2OS/c1-22-20(26)7-5-3-4-6-8-21-23-15-19(27-21)17-11-9-16(10-12-17)18-13-14-25(2)24-18;1-3-7-2-4(9-3)5(6)8/h9-15H,3-8H2,1-2H3,(H,22,26);2H,1H3,(H2,6,8). The van der Waals surface area contributed by atoms with Gasteiger partial charge in [-0.15, -0.1) is 11.3 Å². The zero-order chi connectivity index (χ0) is 25.9. The summed E-state index contributed by atoms with van der Waals surface area (Å²) < 4.78 is 7.68. The van der Waals surface area contributed by atoms with Gasteiger partial charge < -0.3 is 15.5 Å². The number of rotatable bonds is 10. The number of nitrogens with zero attached hydrogens (tertiary/aromatic N) is 4. The fraction of sp³-hybridized carbons (Fsp3) is 0.346. The molecule has 10 heteroatoms. The molecule has 0 unspecified atom stereocenters. The molecule has 0 spiro atoms. The van der Waals surface area contributed by atoms with Gasteiger partial charge in [0.15, 0.2) is 11.7 Å². The molecule has 0 aliphatic rings. The molecule has 3 heterocycles. The molecule has 3 aromatic heterocycles. The third-order valence-corrected chi connectivity index (χ3v) is 6.35. The Kier molecular flexibility index (Phi) is 9.93. The number of primary amides is 1. The van der Waals surface area contributed by atoms with Crippen molar-refractivity contribution in [2.24, 2.45) is 12.8 Å². The number of carbonyl (C=O) groups is 2. The number of carbonyl (C=O) groups excluding carboxylic acids is 2. The summed E-state index contributed by atoms with van der Waals surface area (Å²) in [6.07, 6.45) is 10.7. The largest absolute Gasteiger partial charge is 0.441 e. The highest BCUT2D eigenvalue weighted by Crippen LogP contribution is 2.25. The van der Waals surface area contributed by atoms with Crippen LogP contribution in [0.4, 0.5) is 0 Å². The van der Waals surface area contributed by atoms with Crippen LogP contribution in [-0.2, 0) is 18.3 Å². The van der Waals surface area contributed by atoms with Crippen molar-refractivity contribution in [2.45, 2.75) is 45.4 Å². The van der Waals surface area contributed by atoms with Crippen LogP contribution in [0.3, 0.4) is 0 Å². The van der Waals surface area contributed by atoms with E-state index in [1.54, 1.807) is 17.9 Å². The van der Waals surface area contributed by atoms with Gasteiger partial charge in [-0.25, -0.2) is 9.97 Å². The number of benzene rings is 1. The van der Waals surface area contributed by atoms with Gasteiger partial charge in [-0.1, -0.05) is 37.1 Å². The van der Waals surface area contributed by atoms with Crippen molar-refractivity contribution in [1.82, 2.24) is 25.1 Å². The van der Waals surface area contributed by atoms with Gasteiger partial charge >= 0.3 is 0 Å². The first-order valence-corrected chi connectivity index (χ1v) is 12.7. The molecule has 0 aliphatic heterocycles. The normalized spacial score (nSPS) is 10.5. The quantitative estimate of drug-likeness (QED) is 0.303. The van der Waals surface area contributed by atoms with E-state index < -0.39 is 5.91 Å². The second kappa shape index (κ2) is 13.3. The third kappa shape index (κ3) is 8.16. The fourth-order valence-corrected chi connectivity index (χ4v) is 4.08. The molecule has 3 N–H and O–H groups in total. The molecule has 0 saturated heterocycles. The predicted molar refractivity (Wildman–Crippen MR) is 140 cm³/mol. The number of oxazole rings is 1. The highest BCUT2D eigenvalue weighted by Gasteiger charge is 2.08. The topological polar surface area (TPSA) is 129 Å². The lowest BCUT2D eigenvalue weighted by Gasteiger charge is -2.01. The number of thiazole rings is 1. The van der Waals surface area contributed by atoms with Gasteiger partial charge in [0.05, 0.1) is 23.1 Å². The van der Waals surface area contributed by atoms with Crippen LogP contribution in [0.25, 0.3) is 22.6 Å². The molecule has 0 saturated carbocycles. The SMILES string of the molecule is CNC(=O)CCCCCCc1ncc(-c2ccc(-c3ccn(C)n3)cc2)o1.Cc1ncc(C(N)=O)s1. The molecule has 9 nitrogen and oxygen atoms in total. The number of unbranched alkanes of at least 4 members (excludes halogenated alkanes) is 3. The zero-order valence-corrected chi connectivity index (χ0v) is 21.7. The Labute approximate surface area is 214 Å². The maximum Gasteiger partial charge on any atom is 0.260 e. The van der Waals surface area contributed by atoms with E-state index >= 15 is 0 Å². The van der Waals surface area contributed by atoms with Crippen molar-refractivity contribution < 1.29 is 14.0 Å². The number of amides is 2. The first-order chi connectivity index (χ1) is 17.4. The van der Waals surface area contributed by atoms with Crippen LogP contribution >= 0.6 is 11.3 Å². The van der Waals surface area contributed by atoms with Crippen molar-refractivity contribution in [3.05, 3.63) is 64.7 Å². The molecule has 0 radical (unpaired) electrons. The average molecular weight is 509 g/mol. The number of aryl methyl sites for hydroxylation is 3. The first kappa shape index (κ1) is 26.8. The van der Waals surface area contributed by atoms with Crippen LogP contribution in [0.2, 0.25) is 0 Å². The fourth-order valence-electron chi connectivity index (χ4n) is 3.45. The lowest BCUT2D eigenvalue weighted by atomic mass is 10.1. The Balaban J connectivity index is 0.000000338. The summed E-state index contributed by atoms with van der Waals surface area (Å²) in [5.74, 6) is 1.27. The molecule has 190 valence electrons. The van der Waals surface area contributed by atoms with E-state index in [4.69, 9.17) is 10.2 Å². The summed E-state index contributed by atoms with van der Waals surface area (Å²) in [4.78, 5) is 30.3. The number of hydrogen-bond acceptors (Lipinski definition) is 7. The minimum atomic E-state index is -0.402. The monoisotopic (exact) mass is 508 g/mol. The summed E-state index contributed by atoms with van der Waals surface area (Å²) in [5, 5.41) is 7.93. The average Bonchev–Trinajstić information content (AvgIpc) is 3.63. The van der Waals surface area contributed by atoms with E-state index in [-0.39, 0.29) is 5.91 Å². The minimum Gasteiger partial charge on any atom is -0.441 e. The van der Waals surface area contributed by atoms with Crippen molar-refractivity contribution in [3.8, 4) is 22.6 Å². The van der Waals surface area contributed by atoms with Crippen molar-refractivity contribution in [3.63, 3.8) is 0 Å². The van der Waals surface area contributed by atoms with Gasteiger partial charge in [0.1, 0.15) is 4.88 Å². The van der Waals surface area contributed by atoms with Crippen LogP contribution in [0, 0.1) is 6.92 Å². The molecule has 0 atom stereocenters. The van der Waals surface area contributed by atoms with E-state index in [0.717, 1.165) is 65.6 Å². The third-order valence-electron chi connectivity index (χ3n) is 5.42. The van der Waals surface area contributed by atoms with Gasteiger partial charge in [-0.3, -0.25) is 14.3 Å². The maximum absolute atomic E-state index is 11.2. The maximum atomic E-state index is 11.2. The van der Waals surface area contributed by atoms with Gasteiger partial charge in [-0.05, 0) is 25.8 Å². The summed E-state index contributed by atoms with van der Waals surface area (Å²) in [6, 6.07) is 10.2. The molecule has 0 bridgehead atoms. The van der Waals surface area contributed by atoms with Gasteiger partial charge in [0, 0.05) is 44.3 Å². The van der Waals surface area contributed by atoms with Crippen molar-refractivity contribution in [1.29, 1.82) is 0 Å². The summed E-state index contributed by atoms with van der Waals surface area (Å²) in [5.41, 5.74) is 8.01. The summed E-state index contributed by atoms with van der Waals surface area (Å²) >= 11 is 1.31. The smallest absolute Gasteiger partial charge is 0.260 e. The number of aromatic nitrogens is 4. The second-order valence-corrected chi connectivity index (χ2v) is 9.50. The highest BCUT2D eigenvalue weighted by atomic mass is 32.1. The molecule has 36 heavy (non-hydrogen) atoms. The first-order valence-electron chi connectivity index (χ1n) is 11.8. The van der Waals surface area contributed by atoms with Crippen LogP contribution in [0.5, 0.6) is 0 Å². The van der Waals surface area contributed by atoms with Crippen LogP contribution in [-0.4, -0.2) is 38.6 Å². The predicted octanol–water partition coefficient (Wildman–Crippen LogP) is 4.53. The molecule has 0 fully saturated rings. The van der Waals surface area contributed by atoms with Crippen LogP contribution in [0.1, 0.15) is 52.7 Å². The molecular weight excluding hydrogens is 476 g/mol. The van der Waals surface area contributed by atoms with Crippen molar-refractivity contribution in [2.75, 3.05) is 7.05 Å². The molecule has 1 aromatic carbocycles. The summed E-state index contributed by atoms with van der Waals surface area (Å²) in [6.45, 7) is 1.83. The molecular formula is C26H32N6O3S. The summed E-state index contributed by atoms with van der Waals surface area (Å²) in [7, 11) is 3.59. The van der Waals surface area contributed by atoms with E-state index in [2.05, 4.69) is 20.4 Å². The van der Waals surface area contributed by atoms with E-state index in [1.807, 2.05) is 50.5 Å². The molecule has 4 rings (SSSR count). The Bertz CT molecular complexity index is 1260. The van der Waals surface area contributed by atoms with E-state index in [9.17, 15) is 9.59 Å². The van der Waals surface area contributed by atoms with E-state index in [0.29, 0.717) is 11.3 Å². The van der Waals surface area contributed by atoms with Gasteiger partial charge in [0.25, 0.3) is 5.91 Å². The Morgan fingerprint density at radius 1 is 1.03 bits per heavy atom. The number of hydrogen-bond donors (Lipinski definition) is 2. The second-order valence-electron chi connectivity index (χ2n) is 8.27. The lowest BCUT2D eigenvalue weighted by molar-refractivity contribution is -0.120.